The van der Waals surface area contributed by atoms with Crippen molar-refractivity contribution in [1.82, 2.24) is 14.8 Å². The molecule has 3 aromatic rings. The van der Waals surface area contributed by atoms with Crippen LogP contribution in [0.3, 0.4) is 0 Å². The summed E-state index contributed by atoms with van der Waals surface area (Å²) in [4.78, 5) is 14.7. The molecule has 13 heteroatoms. The molecule has 0 saturated heterocycles. The van der Waals surface area contributed by atoms with E-state index >= 15 is 0 Å². The van der Waals surface area contributed by atoms with E-state index in [0.29, 0.717) is 23.0 Å². The van der Waals surface area contributed by atoms with E-state index in [-0.39, 0.29) is 16.9 Å². The van der Waals surface area contributed by atoms with Crippen LogP contribution in [0.5, 0.6) is 5.75 Å². The number of aromatic carboxylic acids is 1. The second-order valence-electron chi connectivity index (χ2n) is 5.78. The topological polar surface area (TPSA) is 77.2 Å². The van der Waals surface area contributed by atoms with Gasteiger partial charge in [-0.3, -0.25) is 4.98 Å². The summed E-state index contributed by atoms with van der Waals surface area (Å²) < 4.78 is 94.5. The Balaban J connectivity index is 2.19. The molecule has 0 bridgehead atoms. The average Bonchev–Trinajstić information content (AvgIpc) is 3.05. The zero-order valence-corrected chi connectivity index (χ0v) is 14.3. The number of carbonyl (C=O) groups is 1. The minimum atomic E-state index is -5.14. The molecule has 2 aromatic heterocycles. The van der Waals surface area contributed by atoms with Crippen LogP contribution in [-0.2, 0) is 6.18 Å². The first-order chi connectivity index (χ1) is 13.8. The molecule has 1 aromatic carbocycles. The van der Waals surface area contributed by atoms with Crippen molar-refractivity contribution in [2.45, 2.75) is 12.5 Å². The van der Waals surface area contributed by atoms with E-state index in [2.05, 4.69) is 14.8 Å². The molecule has 0 saturated carbocycles. The van der Waals surface area contributed by atoms with Gasteiger partial charge in [0.25, 0.3) is 0 Å². The SMILES string of the molecule is O=C(O)c1cc(-c2cc(F)cc(OC(F)(F)F)c2)n(-c2cncc(C(F)(F)F)c2)n1. The van der Waals surface area contributed by atoms with E-state index < -0.39 is 41.3 Å². The van der Waals surface area contributed by atoms with Crippen LogP contribution in [-0.4, -0.2) is 32.2 Å². The number of alkyl halides is 6. The molecule has 0 aliphatic heterocycles. The number of aromatic nitrogens is 3. The van der Waals surface area contributed by atoms with Crippen molar-refractivity contribution in [3.8, 4) is 22.7 Å². The number of ether oxygens (including phenoxy) is 1. The first kappa shape index (κ1) is 21.1. The fourth-order valence-electron chi connectivity index (χ4n) is 2.49. The molecule has 0 radical (unpaired) electrons. The summed E-state index contributed by atoms with van der Waals surface area (Å²) in [7, 11) is 0. The molecular weight excluding hydrogens is 427 g/mol. The van der Waals surface area contributed by atoms with Gasteiger partial charge in [-0.25, -0.2) is 13.9 Å². The van der Waals surface area contributed by atoms with Gasteiger partial charge in [-0.05, 0) is 24.3 Å². The molecule has 3 rings (SSSR count). The number of carboxylic acid groups (broad SMARTS) is 1. The lowest BCUT2D eigenvalue weighted by molar-refractivity contribution is -0.274. The van der Waals surface area contributed by atoms with Crippen molar-refractivity contribution in [1.29, 1.82) is 0 Å². The number of carboxylic acids is 1. The molecule has 0 unspecified atom stereocenters. The van der Waals surface area contributed by atoms with Gasteiger partial charge in [0.05, 0.1) is 23.1 Å². The number of halogens is 7. The minimum absolute atomic E-state index is 0.306. The Kier molecular flexibility index (Phi) is 5.14. The van der Waals surface area contributed by atoms with Crippen LogP contribution in [0.25, 0.3) is 16.9 Å². The maximum atomic E-state index is 13.9. The molecule has 0 spiro atoms. The van der Waals surface area contributed by atoms with Crippen molar-refractivity contribution < 1.29 is 45.4 Å². The quantitative estimate of drug-likeness (QED) is 0.602. The lowest BCUT2D eigenvalue weighted by atomic mass is 10.1. The number of rotatable bonds is 4. The van der Waals surface area contributed by atoms with Crippen molar-refractivity contribution in [3.05, 3.63) is 59.8 Å². The molecule has 1 N–H and O–H groups in total. The Labute approximate surface area is 162 Å². The normalized spacial score (nSPS) is 12.1. The van der Waals surface area contributed by atoms with Crippen molar-refractivity contribution in [3.63, 3.8) is 0 Å². The standard InChI is InChI=1S/C17H8F7N3O3/c18-10-1-8(2-12(4-10)30-17(22,23)24)14-5-13(15(28)29)26-27(14)11-3-9(6-25-7-11)16(19,20)21/h1-7H,(H,28,29). The molecular formula is C17H8F7N3O3. The Morgan fingerprint density at radius 3 is 2.30 bits per heavy atom. The van der Waals surface area contributed by atoms with E-state index in [1.807, 2.05) is 0 Å². The molecule has 0 amide bonds. The second kappa shape index (κ2) is 7.31. The highest BCUT2D eigenvalue weighted by Crippen LogP contribution is 2.33. The first-order valence-electron chi connectivity index (χ1n) is 7.76. The number of hydrogen-bond acceptors (Lipinski definition) is 4. The van der Waals surface area contributed by atoms with Gasteiger partial charge in [0.15, 0.2) is 5.69 Å². The van der Waals surface area contributed by atoms with Gasteiger partial charge < -0.3 is 9.84 Å². The predicted molar refractivity (Wildman–Crippen MR) is 85.4 cm³/mol. The summed E-state index contributed by atoms with van der Waals surface area (Å²) in [6.07, 6.45) is -8.48. The third-order valence-corrected chi connectivity index (χ3v) is 3.62. The number of nitrogens with zero attached hydrogens (tertiary/aromatic N) is 3. The van der Waals surface area contributed by atoms with E-state index in [9.17, 15) is 35.5 Å². The Hall–Kier alpha value is -3.64. The largest absolute Gasteiger partial charge is 0.573 e. The fourth-order valence-corrected chi connectivity index (χ4v) is 2.49. The van der Waals surface area contributed by atoms with E-state index in [1.54, 1.807) is 0 Å². The van der Waals surface area contributed by atoms with Gasteiger partial charge in [0.1, 0.15) is 11.6 Å². The van der Waals surface area contributed by atoms with E-state index in [0.717, 1.165) is 24.4 Å². The van der Waals surface area contributed by atoms with Crippen LogP contribution in [0.2, 0.25) is 0 Å². The highest BCUT2D eigenvalue weighted by atomic mass is 19.4. The molecule has 0 aliphatic carbocycles. The molecule has 0 atom stereocenters. The van der Waals surface area contributed by atoms with Crippen molar-refractivity contribution >= 4 is 5.97 Å². The highest BCUT2D eigenvalue weighted by Gasteiger charge is 2.33. The fraction of sp³-hybridized carbons (Fsp3) is 0.118. The molecule has 6 nitrogen and oxygen atoms in total. The second-order valence-corrected chi connectivity index (χ2v) is 5.78. The molecule has 30 heavy (non-hydrogen) atoms. The molecule has 0 aliphatic rings. The maximum absolute atomic E-state index is 13.9. The summed E-state index contributed by atoms with van der Waals surface area (Å²) >= 11 is 0. The van der Waals surface area contributed by atoms with Crippen LogP contribution in [0, 0.1) is 5.82 Å². The van der Waals surface area contributed by atoms with E-state index in [1.165, 1.54) is 0 Å². The van der Waals surface area contributed by atoms with Crippen LogP contribution >= 0.6 is 0 Å². The van der Waals surface area contributed by atoms with Gasteiger partial charge in [-0.1, -0.05) is 0 Å². The van der Waals surface area contributed by atoms with Gasteiger partial charge >= 0.3 is 18.5 Å². The summed E-state index contributed by atoms with van der Waals surface area (Å²) in [5, 5.41) is 12.8. The number of hydrogen-bond donors (Lipinski definition) is 1. The predicted octanol–water partition coefficient (Wildman–Crippen LogP) is 4.69. The van der Waals surface area contributed by atoms with Gasteiger partial charge in [0.2, 0.25) is 0 Å². The van der Waals surface area contributed by atoms with E-state index in [4.69, 9.17) is 5.11 Å². The van der Waals surface area contributed by atoms with Crippen LogP contribution in [0.4, 0.5) is 30.7 Å². The minimum Gasteiger partial charge on any atom is -0.476 e. The van der Waals surface area contributed by atoms with Gasteiger partial charge in [0, 0.05) is 17.8 Å². The zero-order valence-electron chi connectivity index (χ0n) is 14.3. The van der Waals surface area contributed by atoms with Crippen LogP contribution in [0.15, 0.2) is 42.7 Å². The number of benzene rings is 1. The lowest BCUT2D eigenvalue weighted by Crippen LogP contribution is -2.17. The first-order valence-corrected chi connectivity index (χ1v) is 7.76. The third-order valence-electron chi connectivity index (χ3n) is 3.62. The summed E-state index contributed by atoms with van der Waals surface area (Å²) in [5.74, 6) is -3.69. The van der Waals surface area contributed by atoms with Gasteiger partial charge in [-0.15, -0.1) is 13.2 Å². The van der Waals surface area contributed by atoms with Crippen LogP contribution in [0.1, 0.15) is 16.1 Å². The third kappa shape index (κ3) is 4.67. The number of pyridine rings is 1. The summed E-state index contributed by atoms with van der Waals surface area (Å²) in [6, 6.07) is 3.36. The Morgan fingerprint density at radius 2 is 1.70 bits per heavy atom. The summed E-state index contributed by atoms with van der Waals surface area (Å²) in [5.41, 5.74) is -2.81. The maximum Gasteiger partial charge on any atom is 0.573 e. The smallest absolute Gasteiger partial charge is 0.476 e. The Morgan fingerprint density at radius 1 is 1.00 bits per heavy atom. The lowest BCUT2D eigenvalue weighted by Gasteiger charge is -2.13. The average molecular weight is 435 g/mol. The van der Waals surface area contributed by atoms with Crippen molar-refractivity contribution in [2.75, 3.05) is 0 Å². The zero-order chi connectivity index (χ0) is 22.3. The highest BCUT2D eigenvalue weighted by molar-refractivity contribution is 5.87. The molecule has 2 heterocycles. The van der Waals surface area contributed by atoms with Crippen molar-refractivity contribution in [2.24, 2.45) is 0 Å². The molecule has 0 fully saturated rings. The Bertz CT molecular complexity index is 1110. The molecule has 158 valence electrons. The van der Waals surface area contributed by atoms with Gasteiger partial charge in [-0.2, -0.15) is 18.3 Å². The van der Waals surface area contributed by atoms with Crippen LogP contribution < -0.4 is 4.74 Å². The summed E-state index contributed by atoms with van der Waals surface area (Å²) in [6.45, 7) is 0. The monoisotopic (exact) mass is 435 g/mol.